The van der Waals surface area contributed by atoms with Gasteiger partial charge in [0, 0.05) is 36.6 Å². The smallest absolute Gasteiger partial charge is 0.341 e. The van der Waals surface area contributed by atoms with E-state index in [-0.39, 0.29) is 29.4 Å². The van der Waals surface area contributed by atoms with Crippen molar-refractivity contribution in [2.45, 2.75) is 32.7 Å². The van der Waals surface area contributed by atoms with Crippen molar-refractivity contribution in [2.75, 3.05) is 18.6 Å². The number of para-hydroxylation sites is 1. The first-order valence-corrected chi connectivity index (χ1v) is 9.78. The van der Waals surface area contributed by atoms with Crippen molar-refractivity contribution in [3.63, 3.8) is 0 Å². The second kappa shape index (κ2) is 6.76. The highest BCUT2D eigenvalue weighted by Gasteiger charge is 2.61. The molecule has 1 aromatic heterocycles. The van der Waals surface area contributed by atoms with Crippen LogP contribution in [-0.4, -0.2) is 30.1 Å². The number of amides is 1. The van der Waals surface area contributed by atoms with E-state index in [9.17, 15) is 14.4 Å². The highest BCUT2D eigenvalue weighted by molar-refractivity contribution is 6.18. The lowest BCUT2D eigenvalue weighted by atomic mass is 9.68. The van der Waals surface area contributed by atoms with Crippen LogP contribution in [0.5, 0.6) is 5.75 Å². The van der Waals surface area contributed by atoms with E-state index in [4.69, 9.17) is 15.2 Å². The van der Waals surface area contributed by atoms with Gasteiger partial charge in [0.1, 0.15) is 16.7 Å². The van der Waals surface area contributed by atoms with Gasteiger partial charge in [0.25, 0.3) is 5.56 Å². The van der Waals surface area contributed by atoms with Gasteiger partial charge < -0.3 is 24.7 Å². The standard InChI is InChI=1S/C22H23N3O5/c1-5-25-12(3)11-15-16(19(25)26)22(17(18(23)30-15)20(27)29-6-2)13-9-7-8-10-14(13)24(4)21(22)28/h7-11H,5-6,23H2,1-4H3/t22-/m1/s1. The zero-order valence-corrected chi connectivity index (χ0v) is 17.3. The second-order valence-corrected chi connectivity index (χ2v) is 7.27. The first-order chi connectivity index (χ1) is 14.3. The Morgan fingerprint density at radius 1 is 1.23 bits per heavy atom. The summed E-state index contributed by atoms with van der Waals surface area (Å²) >= 11 is 0. The zero-order chi connectivity index (χ0) is 21.8. The molecule has 0 radical (unpaired) electrons. The van der Waals surface area contributed by atoms with Gasteiger partial charge in [-0.3, -0.25) is 9.59 Å². The van der Waals surface area contributed by atoms with Gasteiger partial charge in [-0.15, -0.1) is 0 Å². The molecule has 30 heavy (non-hydrogen) atoms. The molecule has 0 fully saturated rings. The molecule has 2 aromatic rings. The number of aromatic nitrogens is 1. The lowest BCUT2D eigenvalue weighted by Crippen LogP contribution is -2.51. The molecule has 2 aliphatic rings. The number of hydrogen-bond acceptors (Lipinski definition) is 6. The molecule has 0 saturated heterocycles. The van der Waals surface area contributed by atoms with Crippen LogP contribution in [0, 0.1) is 6.92 Å². The molecule has 4 rings (SSSR count). The van der Waals surface area contributed by atoms with E-state index in [0.717, 1.165) is 0 Å². The topological polar surface area (TPSA) is 104 Å². The Morgan fingerprint density at radius 2 is 1.93 bits per heavy atom. The number of nitrogens with two attached hydrogens (primary N) is 1. The minimum Gasteiger partial charge on any atom is -0.462 e. The van der Waals surface area contributed by atoms with Crippen LogP contribution in [0.2, 0.25) is 0 Å². The van der Waals surface area contributed by atoms with Gasteiger partial charge in [0.15, 0.2) is 0 Å². The van der Waals surface area contributed by atoms with Crippen LogP contribution in [0.25, 0.3) is 0 Å². The van der Waals surface area contributed by atoms with Crippen LogP contribution in [-0.2, 0) is 26.3 Å². The fourth-order valence-corrected chi connectivity index (χ4v) is 4.54. The predicted octanol–water partition coefficient (Wildman–Crippen LogP) is 1.56. The van der Waals surface area contributed by atoms with Gasteiger partial charge >= 0.3 is 5.97 Å². The molecule has 156 valence electrons. The van der Waals surface area contributed by atoms with Crippen LogP contribution < -0.4 is 20.9 Å². The molecular weight excluding hydrogens is 386 g/mol. The molecule has 2 aliphatic heterocycles. The minimum absolute atomic E-state index is 0.0778. The number of ether oxygens (including phenoxy) is 2. The van der Waals surface area contributed by atoms with Crippen molar-refractivity contribution in [3.05, 3.63) is 69.0 Å². The van der Waals surface area contributed by atoms with Crippen molar-refractivity contribution in [1.29, 1.82) is 0 Å². The molecule has 1 spiro atoms. The number of hydrogen-bond donors (Lipinski definition) is 1. The fourth-order valence-electron chi connectivity index (χ4n) is 4.54. The van der Waals surface area contributed by atoms with Crippen molar-refractivity contribution in [3.8, 4) is 5.75 Å². The van der Waals surface area contributed by atoms with Crippen LogP contribution in [0.4, 0.5) is 5.69 Å². The monoisotopic (exact) mass is 409 g/mol. The summed E-state index contributed by atoms with van der Waals surface area (Å²) in [7, 11) is 1.61. The number of nitrogens with zero attached hydrogens (tertiary/aromatic N) is 2. The first kappa shape index (κ1) is 19.8. The van der Waals surface area contributed by atoms with Gasteiger partial charge in [0.2, 0.25) is 11.8 Å². The van der Waals surface area contributed by atoms with Gasteiger partial charge in [-0.25, -0.2) is 4.79 Å². The van der Waals surface area contributed by atoms with Gasteiger partial charge in [0.05, 0.1) is 12.2 Å². The van der Waals surface area contributed by atoms with Crippen molar-refractivity contribution in [1.82, 2.24) is 4.57 Å². The molecule has 3 heterocycles. The van der Waals surface area contributed by atoms with Gasteiger partial charge in [-0.1, -0.05) is 18.2 Å². The van der Waals surface area contributed by atoms with E-state index >= 15 is 0 Å². The molecule has 8 heteroatoms. The summed E-state index contributed by atoms with van der Waals surface area (Å²) in [5.41, 5.74) is 5.71. The average Bonchev–Trinajstić information content (AvgIpc) is 2.91. The van der Waals surface area contributed by atoms with Crippen LogP contribution in [0.15, 0.2) is 46.6 Å². The van der Waals surface area contributed by atoms with Gasteiger partial charge in [-0.2, -0.15) is 0 Å². The third-order valence-electron chi connectivity index (χ3n) is 5.78. The van der Waals surface area contributed by atoms with E-state index in [0.29, 0.717) is 23.5 Å². The Kier molecular flexibility index (Phi) is 4.45. The third kappa shape index (κ3) is 2.30. The molecule has 0 aliphatic carbocycles. The second-order valence-electron chi connectivity index (χ2n) is 7.27. The van der Waals surface area contributed by atoms with Crippen LogP contribution in [0.3, 0.4) is 0 Å². The Morgan fingerprint density at radius 3 is 2.60 bits per heavy atom. The van der Waals surface area contributed by atoms with E-state index in [2.05, 4.69) is 0 Å². The number of carbonyl (C=O) groups excluding carboxylic acids is 2. The lowest BCUT2D eigenvalue weighted by Gasteiger charge is -2.35. The molecule has 2 N–H and O–H groups in total. The van der Waals surface area contributed by atoms with E-state index < -0.39 is 22.9 Å². The Balaban J connectivity index is 2.21. The summed E-state index contributed by atoms with van der Waals surface area (Å²) in [6.45, 7) is 5.75. The van der Waals surface area contributed by atoms with Crippen LogP contribution in [0.1, 0.15) is 30.7 Å². The van der Waals surface area contributed by atoms with E-state index in [1.165, 1.54) is 4.90 Å². The van der Waals surface area contributed by atoms with E-state index in [1.54, 1.807) is 55.8 Å². The minimum atomic E-state index is -1.74. The molecule has 0 unspecified atom stereocenters. The number of carbonyl (C=O) groups is 2. The zero-order valence-electron chi connectivity index (χ0n) is 17.3. The van der Waals surface area contributed by atoms with Crippen LogP contribution >= 0.6 is 0 Å². The SMILES string of the molecule is CCOC(=O)C1=C(N)Oc2cc(C)n(CC)c(=O)c2[C@@]12C(=O)N(C)c1ccccc12. The van der Waals surface area contributed by atoms with Gasteiger partial charge in [-0.05, 0) is 26.8 Å². The number of likely N-dealkylation sites (N-methyl/N-ethyl adjacent to an activating group) is 1. The summed E-state index contributed by atoms with van der Waals surface area (Å²) in [5, 5.41) is 0. The maximum Gasteiger partial charge on any atom is 0.341 e. The number of anilines is 1. The van der Waals surface area contributed by atoms with Crippen molar-refractivity contribution < 1.29 is 19.1 Å². The maximum atomic E-state index is 13.8. The normalized spacial score (nSPS) is 19.6. The number of esters is 1. The molecular formula is C22H23N3O5. The molecule has 0 bridgehead atoms. The average molecular weight is 409 g/mol. The third-order valence-corrected chi connectivity index (χ3v) is 5.78. The Labute approximate surface area is 173 Å². The first-order valence-electron chi connectivity index (χ1n) is 9.78. The summed E-state index contributed by atoms with van der Waals surface area (Å²) in [4.78, 5) is 41.9. The largest absolute Gasteiger partial charge is 0.462 e. The number of fused-ring (bicyclic) bond motifs is 4. The molecule has 8 nitrogen and oxygen atoms in total. The highest BCUT2D eigenvalue weighted by atomic mass is 16.5. The molecule has 1 amide bonds. The fraction of sp³-hybridized carbons (Fsp3) is 0.318. The van der Waals surface area contributed by atoms with Crippen molar-refractivity contribution >= 4 is 17.6 Å². The Bertz CT molecular complexity index is 1180. The lowest BCUT2D eigenvalue weighted by molar-refractivity contribution is -0.140. The maximum absolute atomic E-state index is 13.8. The summed E-state index contributed by atoms with van der Waals surface area (Å²) in [6.07, 6.45) is 0. The highest BCUT2D eigenvalue weighted by Crippen LogP contribution is 2.54. The summed E-state index contributed by atoms with van der Waals surface area (Å²) in [6, 6.07) is 8.72. The van der Waals surface area contributed by atoms with Crippen molar-refractivity contribution in [2.24, 2.45) is 5.73 Å². The number of pyridine rings is 1. The van der Waals surface area contributed by atoms with E-state index in [1.807, 2.05) is 6.92 Å². The Hall–Kier alpha value is -3.55. The molecule has 0 saturated carbocycles. The summed E-state index contributed by atoms with van der Waals surface area (Å²) < 4.78 is 12.5. The quantitative estimate of drug-likeness (QED) is 0.772. The number of benzene rings is 1. The number of rotatable bonds is 3. The predicted molar refractivity (Wildman–Crippen MR) is 110 cm³/mol. The summed E-state index contributed by atoms with van der Waals surface area (Å²) in [5.74, 6) is -1.32. The molecule has 1 aromatic carbocycles. The number of aryl methyl sites for hydroxylation is 1. The molecule has 1 atom stereocenters.